The highest BCUT2D eigenvalue weighted by molar-refractivity contribution is 5.71. The molecule has 3 aromatic heterocycles. The molecule has 0 fully saturated rings. The van der Waals surface area contributed by atoms with E-state index in [1.54, 1.807) is 6.07 Å². The van der Waals surface area contributed by atoms with Crippen LogP contribution in [0.5, 0.6) is 0 Å². The van der Waals surface area contributed by atoms with Crippen LogP contribution in [0.1, 0.15) is 11.1 Å². The molecular weight excluding hydrogens is 423 g/mol. The molecule has 0 amide bonds. The zero-order chi connectivity index (χ0) is 23.0. The lowest BCUT2D eigenvalue weighted by Gasteiger charge is -2.15. The molecule has 0 aliphatic heterocycles. The minimum atomic E-state index is -0.884. The van der Waals surface area contributed by atoms with E-state index >= 15 is 0 Å². The Kier molecular flexibility index (Phi) is 5.11. The van der Waals surface area contributed by atoms with Crippen molar-refractivity contribution in [2.45, 2.75) is 6.54 Å². The van der Waals surface area contributed by atoms with Gasteiger partial charge in [-0.25, -0.2) is 13.2 Å². The molecule has 0 atom stereocenters. The molecule has 4 aromatic rings. The van der Waals surface area contributed by atoms with Gasteiger partial charge in [0.2, 0.25) is 5.95 Å². The number of nitrogens with one attached hydrogen (secondary N) is 1. The SMILES string of the molecule is N#Cc1c(N)nc(N)nc1NCc1cc2ccc(F)cn2c(=O)c1-c1cc(F)cc(F)c1. The lowest BCUT2D eigenvalue weighted by atomic mass is 10.00. The van der Waals surface area contributed by atoms with Crippen LogP contribution < -0.4 is 22.3 Å². The number of nitrogens with zero attached hydrogens (tertiary/aromatic N) is 4. The summed E-state index contributed by atoms with van der Waals surface area (Å²) in [6.07, 6.45) is 0.980. The van der Waals surface area contributed by atoms with Gasteiger partial charge in [-0.3, -0.25) is 9.20 Å². The Bertz CT molecular complexity index is 1460. The van der Waals surface area contributed by atoms with Gasteiger partial charge in [0.25, 0.3) is 5.56 Å². The van der Waals surface area contributed by atoms with Crippen LogP contribution in [-0.4, -0.2) is 14.4 Å². The van der Waals surface area contributed by atoms with E-state index in [0.29, 0.717) is 17.1 Å². The molecule has 0 aliphatic carbocycles. The quantitative estimate of drug-likeness (QED) is 0.447. The lowest BCUT2D eigenvalue weighted by Crippen LogP contribution is -2.20. The van der Waals surface area contributed by atoms with Crippen molar-refractivity contribution in [3.8, 4) is 17.2 Å². The second kappa shape index (κ2) is 7.92. The van der Waals surface area contributed by atoms with Crippen molar-refractivity contribution in [2.24, 2.45) is 0 Å². The largest absolute Gasteiger partial charge is 0.382 e. The molecule has 32 heavy (non-hydrogen) atoms. The topological polar surface area (TPSA) is 135 Å². The first-order valence-corrected chi connectivity index (χ1v) is 9.14. The van der Waals surface area contributed by atoms with E-state index in [-0.39, 0.29) is 40.8 Å². The van der Waals surface area contributed by atoms with Crippen LogP contribution in [-0.2, 0) is 6.54 Å². The number of fused-ring (bicyclic) bond motifs is 1. The summed E-state index contributed by atoms with van der Waals surface area (Å²) < 4.78 is 42.6. The van der Waals surface area contributed by atoms with Crippen molar-refractivity contribution in [3.63, 3.8) is 0 Å². The average molecular weight is 437 g/mol. The van der Waals surface area contributed by atoms with Crippen LogP contribution in [0, 0.1) is 28.8 Å². The number of hydrogen-bond acceptors (Lipinski definition) is 7. The maximum Gasteiger partial charge on any atom is 0.263 e. The molecule has 8 nitrogen and oxygen atoms in total. The third-order valence-corrected chi connectivity index (χ3v) is 4.68. The van der Waals surface area contributed by atoms with Crippen LogP contribution in [0.25, 0.3) is 16.6 Å². The molecule has 0 spiro atoms. The van der Waals surface area contributed by atoms with E-state index in [0.717, 1.165) is 22.7 Å². The van der Waals surface area contributed by atoms with Crippen LogP contribution in [0.4, 0.5) is 30.8 Å². The third-order valence-electron chi connectivity index (χ3n) is 4.68. The van der Waals surface area contributed by atoms with Gasteiger partial charge in [-0.05, 0) is 41.5 Å². The second-order valence-electron chi connectivity index (χ2n) is 6.81. The van der Waals surface area contributed by atoms with Crippen molar-refractivity contribution in [3.05, 3.63) is 81.5 Å². The number of benzene rings is 1. The van der Waals surface area contributed by atoms with Gasteiger partial charge in [0.15, 0.2) is 5.82 Å². The van der Waals surface area contributed by atoms with Crippen LogP contribution in [0.2, 0.25) is 0 Å². The molecule has 0 aliphatic rings. The van der Waals surface area contributed by atoms with E-state index in [9.17, 15) is 23.2 Å². The first-order valence-electron chi connectivity index (χ1n) is 9.14. The summed E-state index contributed by atoms with van der Waals surface area (Å²) in [5, 5.41) is 12.2. The summed E-state index contributed by atoms with van der Waals surface area (Å²) in [5.74, 6) is -2.72. The zero-order valence-electron chi connectivity index (χ0n) is 16.2. The maximum absolute atomic E-state index is 13.9. The van der Waals surface area contributed by atoms with E-state index < -0.39 is 23.0 Å². The molecule has 0 saturated carbocycles. The number of anilines is 3. The van der Waals surface area contributed by atoms with Crippen molar-refractivity contribution in [1.29, 1.82) is 5.26 Å². The van der Waals surface area contributed by atoms with Crippen LogP contribution in [0.3, 0.4) is 0 Å². The number of nitrogens with two attached hydrogens (primary N) is 2. The first kappa shape index (κ1) is 20.7. The van der Waals surface area contributed by atoms with Gasteiger partial charge in [0.1, 0.15) is 34.9 Å². The van der Waals surface area contributed by atoms with Crippen LogP contribution in [0.15, 0.2) is 47.4 Å². The number of nitrogen functional groups attached to an aromatic ring is 2. The van der Waals surface area contributed by atoms with E-state index in [1.165, 1.54) is 12.1 Å². The Morgan fingerprint density at radius 2 is 1.75 bits per heavy atom. The molecule has 1 aromatic carbocycles. The number of aromatic nitrogens is 3. The summed E-state index contributed by atoms with van der Waals surface area (Å²) in [6.45, 7) is -0.0961. The number of hydrogen-bond donors (Lipinski definition) is 3. The predicted molar refractivity (Wildman–Crippen MR) is 112 cm³/mol. The molecule has 0 unspecified atom stereocenters. The maximum atomic E-state index is 13.9. The first-order chi connectivity index (χ1) is 15.3. The van der Waals surface area contributed by atoms with Crippen LogP contribution >= 0.6 is 0 Å². The number of pyridine rings is 2. The Labute approximate surface area is 178 Å². The fourth-order valence-electron chi connectivity index (χ4n) is 3.35. The zero-order valence-corrected chi connectivity index (χ0v) is 16.2. The summed E-state index contributed by atoms with van der Waals surface area (Å²) >= 11 is 0. The van der Waals surface area contributed by atoms with Gasteiger partial charge >= 0.3 is 0 Å². The Morgan fingerprint density at radius 3 is 2.44 bits per heavy atom. The van der Waals surface area contributed by atoms with Gasteiger partial charge in [-0.2, -0.15) is 15.2 Å². The average Bonchev–Trinajstić information content (AvgIpc) is 2.71. The van der Waals surface area contributed by atoms with E-state index in [4.69, 9.17) is 11.5 Å². The van der Waals surface area contributed by atoms with Gasteiger partial charge in [-0.15, -0.1) is 0 Å². The predicted octanol–water partition coefficient (Wildman–Crippen LogP) is 2.82. The Hall–Kier alpha value is -4.59. The lowest BCUT2D eigenvalue weighted by molar-refractivity contribution is 0.584. The molecule has 5 N–H and O–H groups in total. The summed E-state index contributed by atoms with van der Waals surface area (Å²) in [6, 6.07) is 8.63. The molecule has 0 radical (unpaired) electrons. The second-order valence-corrected chi connectivity index (χ2v) is 6.81. The molecule has 0 saturated heterocycles. The minimum Gasteiger partial charge on any atom is -0.382 e. The third kappa shape index (κ3) is 3.77. The fraction of sp³-hybridized carbons (Fsp3) is 0.0476. The summed E-state index contributed by atoms with van der Waals surface area (Å²) in [4.78, 5) is 20.8. The smallest absolute Gasteiger partial charge is 0.263 e. The van der Waals surface area contributed by atoms with E-state index in [1.807, 2.05) is 6.07 Å². The van der Waals surface area contributed by atoms with Gasteiger partial charge in [0.05, 0.1) is 5.56 Å². The molecule has 4 rings (SSSR count). The highest BCUT2D eigenvalue weighted by Gasteiger charge is 2.17. The minimum absolute atomic E-state index is 0.0215. The standard InChI is InChI=1S/C21H14F3N7O/c22-12-1-2-15-5-11(8-28-19-16(7-25)18(26)29-21(27)30-19)17(20(32)31(15)9-12)10-3-13(23)6-14(24)4-10/h1-6,9H,8H2,(H5,26,27,28,29,30). The van der Waals surface area contributed by atoms with Gasteiger partial charge < -0.3 is 16.8 Å². The molecule has 0 bridgehead atoms. The van der Waals surface area contributed by atoms with E-state index in [2.05, 4.69) is 15.3 Å². The molecular formula is C21H14F3N7O. The highest BCUT2D eigenvalue weighted by atomic mass is 19.1. The van der Waals surface area contributed by atoms with Crippen molar-refractivity contribution in [1.82, 2.24) is 14.4 Å². The van der Waals surface area contributed by atoms with Crippen molar-refractivity contribution < 1.29 is 13.2 Å². The van der Waals surface area contributed by atoms with Crippen molar-refractivity contribution in [2.75, 3.05) is 16.8 Å². The van der Waals surface area contributed by atoms with Gasteiger partial charge in [0, 0.05) is 24.3 Å². The molecule has 11 heteroatoms. The normalized spacial score (nSPS) is 10.8. The monoisotopic (exact) mass is 437 g/mol. The summed E-state index contributed by atoms with van der Waals surface area (Å²) in [7, 11) is 0. The molecule has 3 heterocycles. The Balaban J connectivity index is 1.90. The number of nitriles is 1. The highest BCUT2D eigenvalue weighted by Crippen LogP contribution is 2.26. The number of halogens is 3. The molecule has 160 valence electrons. The number of rotatable bonds is 4. The van der Waals surface area contributed by atoms with Gasteiger partial charge in [-0.1, -0.05) is 0 Å². The van der Waals surface area contributed by atoms with Crippen molar-refractivity contribution >= 4 is 23.1 Å². The fourth-order valence-corrected chi connectivity index (χ4v) is 3.35. The summed E-state index contributed by atoms with van der Waals surface area (Å²) in [5.41, 5.74) is 11.1. The Morgan fingerprint density at radius 1 is 1.03 bits per heavy atom.